The summed E-state index contributed by atoms with van der Waals surface area (Å²) < 4.78 is 0. The number of hydrogen-bond donors (Lipinski definition) is 0. The third-order valence-corrected chi connectivity index (χ3v) is 4.02. The van der Waals surface area contributed by atoms with Crippen LogP contribution in [0.3, 0.4) is 0 Å². The smallest absolute Gasteiger partial charge is 0.229 e. The Kier molecular flexibility index (Phi) is 4.76. The van der Waals surface area contributed by atoms with Crippen molar-refractivity contribution in [3.05, 3.63) is 108 Å². The van der Waals surface area contributed by atoms with Gasteiger partial charge in [0.25, 0.3) is 0 Å². The fourth-order valence-electron chi connectivity index (χ4n) is 2.66. The molecule has 0 amide bonds. The Bertz CT molecular complexity index is 1050. The predicted molar refractivity (Wildman–Crippen MR) is 103 cm³/mol. The first-order valence-corrected chi connectivity index (χ1v) is 8.58. The Hall–Kier alpha value is -4.06. The molecule has 28 heavy (non-hydrogen) atoms. The van der Waals surface area contributed by atoms with Crippen LogP contribution < -0.4 is 0 Å². The van der Waals surface area contributed by atoms with Crippen molar-refractivity contribution in [1.29, 1.82) is 0 Å². The summed E-state index contributed by atoms with van der Waals surface area (Å²) in [5.41, 5.74) is 2.16. The zero-order valence-electron chi connectivity index (χ0n) is 14.7. The summed E-state index contributed by atoms with van der Waals surface area (Å²) in [7, 11) is 0. The second-order valence-corrected chi connectivity index (χ2v) is 5.90. The van der Waals surface area contributed by atoms with Gasteiger partial charge in [-0.3, -0.25) is 19.6 Å². The molecule has 4 aromatic rings. The van der Waals surface area contributed by atoms with Crippen molar-refractivity contribution in [1.82, 2.24) is 19.9 Å². The lowest BCUT2D eigenvalue weighted by atomic mass is 10.1. The Morgan fingerprint density at radius 3 is 1.32 bits per heavy atom. The SMILES string of the molecule is O=C(c1ccccn1)c1cccc(-c2cccc(C(=O)c3ccccn3)n2)n1. The molecule has 0 atom stereocenters. The van der Waals surface area contributed by atoms with Gasteiger partial charge in [0.05, 0.1) is 11.4 Å². The lowest BCUT2D eigenvalue weighted by Gasteiger charge is -2.05. The highest BCUT2D eigenvalue weighted by Crippen LogP contribution is 2.17. The number of aromatic nitrogens is 4. The molecule has 4 rings (SSSR count). The monoisotopic (exact) mass is 366 g/mol. The van der Waals surface area contributed by atoms with Crippen LogP contribution in [-0.4, -0.2) is 31.5 Å². The Balaban J connectivity index is 1.67. The van der Waals surface area contributed by atoms with E-state index < -0.39 is 0 Å². The molecule has 0 aliphatic rings. The second kappa shape index (κ2) is 7.67. The Morgan fingerprint density at radius 1 is 0.500 bits per heavy atom. The number of carbonyl (C=O) groups is 2. The molecule has 0 fully saturated rings. The number of pyridine rings is 4. The third kappa shape index (κ3) is 3.57. The number of carbonyl (C=O) groups excluding carboxylic acids is 2. The summed E-state index contributed by atoms with van der Waals surface area (Å²) in [5, 5.41) is 0. The van der Waals surface area contributed by atoms with E-state index in [2.05, 4.69) is 19.9 Å². The maximum Gasteiger partial charge on any atom is 0.229 e. The minimum Gasteiger partial charge on any atom is -0.285 e. The molecule has 0 bridgehead atoms. The van der Waals surface area contributed by atoms with Crippen molar-refractivity contribution >= 4 is 11.6 Å². The van der Waals surface area contributed by atoms with Crippen molar-refractivity contribution < 1.29 is 9.59 Å². The predicted octanol–water partition coefficient (Wildman–Crippen LogP) is 3.40. The molecule has 0 unspecified atom stereocenters. The summed E-state index contributed by atoms with van der Waals surface area (Å²) >= 11 is 0. The van der Waals surface area contributed by atoms with Gasteiger partial charge in [-0.2, -0.15) is 0 Å². The molecule has 0 radical (unpaired) electrons. The van der Waals surface area contributed by atoms with Crippen LogP contribution in [-0.2, 0) is 0 Å². The van der Waals surface area contributed by atoms with E-state index in [1.54, 1.807) is 85.2 Å². The van der Waals surface area contributed by atoms with E-state index in [9.17, 15) is 9.59 Å². The molecule has 0 aromatic carbocycles. The normalized spacial score (nSPS) is 10.4. The van der Waals surface area contributed by atoms with Crippen LogP contribution in [0.2, 0.25) is 0 Å². The van der Waals surface area contributed by atoms with Crippen molar-refractivity contribution in [2.24, 2.45) is 0 Å². The molecule has 0 N–H and O–H groups in total. The molecule has 134 valence electrons. The van der Waals surface area contributed by atoms with E-state index in [1.165, 1.54) is 0 Å². The van der Waals surface area contributed by atoms with E-state index in [-0.39, 0.29) is 23.0 Å². The fraction of sp³-hybridized carbons (Fsp3) is 0. The van der Waals surface area contributed by atoms with Crippen LogP contribution in [0, 0.1) is 0 Å². The quantitative estimate of drug-likeness (QED) is 0.503. The summed E-state index contributed by atoms with van der Waals surface area (Å²) in [6.45, 7) is 0. The van der Waals surface area contributed by atoms with E-state index in [0.717, 1.165) is 0 Å². The number of ketones is 2. The summed E-state index contributed by atoms with van der Waals surface area (Å²) in [6, 6.07) is 20.5. The largest absolute Gasteiger partial charge is 0.285 e. The lowest BCUT2D eigenvalue weighted by Crippen LogP contribution is -2.08. The maximum absolute atomic E-state index is 12.6. The molecular weight excluding hydrogens is 352 g/mol. The summed E-state index contributed by atoms with van der Waals surface area (Å²) in [4.78, 5) is 42.1. The van der Waals surface area contributed by atoms with E-state index in [4.69, 9.17) is 0 Å². The summed E-state index contributed by atoms with van der Waals surface area (Å²) in [5.74, 6) is -0.550. The van der Waals surface area contributed by atoms with Gasteiger partial charge in [0, 0.05) is 12.4 Å². The van der Waals surface area contributed by atoms with Gasteiger partial charge in [-0.1, -0.05) is 24.3 Å². The Morgan fingerprint density at radius 2 is 0.929 bits per heavy atom. The minimum atomic E-state index is -0.275. The van der Waals surface area contributed by atoms with Crippen LogP contribution in [0.25, 0.3) is 11.4 Å². The highest BCUT2D eigenvalue weighted by Gasteiger charge is 2.15. The average molecular weight is 366 g/mol. The highest BCUT2D eigenvalue weighted by molar-refractivity contribution is 6.07. The van der Waals surface area contributed by atoms with Gasteiger partial charge >= 0.3 is 0 Å². The number of nitrogens with zero attached hydrogens (tertiary/aromatic N) is 4. The van der Waals surface area contributed by atoms with Crippen LogP contribution in [0.15, 0.2) is 85.2 Å². The van der Waals surface area contributed by atoms with Crippen LogP contribution in [0.5, 0.6) is 0 Å². The molecule has 0 spiro atoms. The molecule has 0 saturated heterocycles. The first-order valence-electron chi connectivity index (χ1n) is 8.58. The van der Waals surface area contributed by atoms with E-state index in [0.29, 0.717) is 22.8 Å². The van der Waals surface area contributed by atoms with E-state index in [1.807, 2.05) is 0 Å². The highest BCUT2D eigenvalue weighted by atomic mass is 16.1. The van der Waals surface area contributed by atoms with Crippen molar-refractivity contribution in [2.45, 2.75) is 0 Å². The van der Waals surface area contributed by atoms with Crippen LogP contribution >= 0.6 is 0 Å². The van der Waals surface area contributed by atoms with Gasteiger partial charge in [0.1, 0.15) is 22.8 Å². The van der Waals surface area contributed by atoms with Gasteiger partial charge in [0.2, 0.25) is 11.6 Å². The lowest BCUT2D eigenvalue weighted by molar-refractivity contribution is 0.102. The molecular formula is C22H14N4O2. The summed E-state index contributed by atoms with van der Waals surface area (Å²) in [6.07, 6.45) is 3.12. The topological polar surface area (TPSA) is 85.7 Å². The number of rotatable bonds is 5. The Labute approximate surface area is 161 Å². The fourth-order valence-corrected chi connectivity index (χ4v) is 2.66. The molecule has 6 nitrogen and oxygen atoms in total. The van der Waals surface area contributed by atoms with Gasteiger partial charge in [-0.25, -0.2) is 9.97 Å². The van der Waals surface area contributed by atoms with Crippen molar-refractivity contribution in [3.8, 4) is 11.4 Å². The minimum absolute atomic E-state index is 0.263. The third-order valence-electron chi connectivity index (χ3n) is 4.02. The molecule has 0 aliphatic carbocycles. The van der Waals surface area contributed by atoms with Gasteiger partial charge in [-0.05, 0) is 48.5 Å². The van der Waals surface area contributed by atoms with E-state index >= 15 is 0 Å². The molecule has 0 aliphatic heterocycles. The first kappa shape index (κ1) is 17.4. The standard InChI is InChI=1S/C22H14N4O2/c27-21(17-7-1-3-13-23-17)19-11-5-9-15(25-19)16-10-6-12-20(26-16)22(28)18-8-2-4-14-24-18/h1-14H. The molecule has 4 heterocycles. The average Bonchev–Trinajstić information content (AvgIpc) is 2.79. The van der Waals surface area contributed by atoms with Gasteiger partial charge in [-0.15, -0.1) is 0 Å². The molecule has 0 saturated carbocycles. The van der Waals surface area contributed by atoms with Crippen molar-refractivity contribution in [3.63, 3.8) is 0 Å². The van der Waals surface area contributed by atoms with Crippen LogP contribution in [0.4, 0.5) is 0 Å². The maximum atomic E-state index is 12.6. The van der Waals surface area contributed by atoms with Gasteiger partial charge in [0.15, 0.2) is 0 Å². The van der Waals surface area contributed by atoms with Crippen molar-refractivity contribution in [2.75, 3.05) is 0 Å². The zero-order chi connectivity index (χ0) is 19.3. The second-order valence-electron chi connectivity index (χ2n) is 5.90. The number of hydrogen-bond acceptors (Lipinski definition) is 6. The molecule has 6 heteroatoms. The molecule has 4 aromatic heterocycles. The zero-order valence-corrected chi connectivity index (χ0v) is 14.7. The van der Waals surface area contributed by atoms with Gasteiger partial charge < -0.3 is 0 Å². The van der Waals surface area contributed by atoms with Crippen LogP contribution in [0.1, 0.15) is 32.4 Å². The first-order chi connectivity index (χ1) is 13.7.